The van der Waals surface area contributed by atoms with Gasteiger partial charge in [-0.15, -0.1) is 0 Å². The molecule has 3 aromatic rings. The van der Waals surface area contributed by atoms with Crippen LogP contribution in [0.5, 0.6) is 0 Å². The zero-order chi connectivity index (χ0) is 14.3. The third-order valence-corrected chi connectivity index (χ3v) is 3.24. The van der Waals surface area contributed by atoms with E-state index >= 15 is 0 Å². The molecule has 0 aliphatic carbocycles. The lowest BCUT2D eigenvalue weighted by Crippen LogP contribution is -2.06. The summed E-state index contributed by atoms with van der Waals surface area (Å²) in [5.41, 5.74) is 2.56. The van der Waals surface area contributed by atoms with Crippen LogP contribution in [0.25, 0.3) is 11.0 Å². The molecule has 2 heterocycles. The number of carbonyl (C=O) groups is 1. The second kappa shape index (κ2) is 4.60. The number of nitrogens with one attached hydrogen (secondary N) is 1. The number of nitrogens with zero attached hydrogens (tertiary/aromatic N) is 1. The molecule has 1 N–H and O–H groups in total. The molecular weight excluding hydrogens is 254 g/mol. The van der Waals surface area contributed by atoms with E-state index < -0.39 is 5.82 Å². The van der Waals surface area contributed by atoms with Gasteiger partial charge in [-0.25, -0.2) is 9.37 Å². The normalized spacial score (nSPS) is 10.9. The zero-order valence-electron chi connectivity index (χ0n) is 10.8. The summed E-state index contributed by atoms with van der Waals surface area (Å²) in [6.45, 7) is 1.77. The SMILES string of the molecule is [B]c1cnc2[nH]cc(C(=O)c3cc(F)ccc3C)c2c1. The number of aromatic nitrogens is 2. The minimum Gasteiger partial charge on any atom is -0.345 e. The van der Waals surface area contributed by atoms with E-state index in [9.17, 15) is 9.18 Å². The van der Waals surface area contributed by atoms with E-state index in [1.165, 1.54) is 18.3 Å². The summed E-state index contributed by atoms with van der Waals surface area (Å²) in [7, 11) is 5.70. The van der Waals surface area contributed by atoms with E-state index in [1.807, 2.05) is 0 Å². The molecule has 0 aliphatic rings. The molecular formula is C15H10BFN2O. The minimum atomic E-state index is -0.434. The molecule has 0 bridgehead atoms. The number of rotatable bonds is 2. The Morgan fingerprint density at radius 3 is 2.90 bits per heavy atom. The van der Waals surface area contributed by atoms with Gasteiger partial charge in [0, 0.05) is 28.9 Å². The Morgan fingerprint density at radius 1 is 1.30 bits per heavy atom. The standard InChI is InChI=1S/C15H10BFN2O/c1-8-2-3-10(17)5-11(8)14(20)13-7-19-15-12(13)4-9(16)6-18-15/h2-7H,1H3,(H,18,19). The minimum absolute atomic E-state index is 0.249. The molecule has 0 spiro atoms. The van der Waals surface area contributed by atoms with Crippen molar-refractivity contribution >= 4 is 30.1 Å². The molecule has 2 aromatic heterocycles. The van der Waals surface area contributed by atoms with Crippen molar-refractivity contribution in [3.63, 3.8) is 0 Å². The number of H-pyrrole nitrogens is 1. The summed E-state index contributed by atoms with van der Waals surface area (Å²) < 4.78 is 13.3. The van der Waals surface area contributed by atoms with Gasteiger partial charge in [0.2, 0.25) is 0 Å². The molecule has 0 aliphatic heterocycles. The Balaban J connectivity index is 2.17. The first-order valence-corrected chi connectivity index (χ1v) is 6.09. The lowest BCUT2D eigenvalue weighted by Gasteiger charge is -2.04. The van der Waals surface area contributed by atoms with Crippen molar-refractivity contribution in [1.29, 1.82) is 0 Å². The van der Waals surface area contributed by atoms with Crippen molar-refractivity contribution in [2.45, 2.75) is 6.92 Å². The van der Waals surface area contributed by atoms with E-state index in [1.54, 1.807) is 25.3 Å². The summed E-state index contributed by atoms with van der Waals surface area (Å²) in [5, 5.41) is 0.638. The molecule has 1 aromatic carbocycles. The fourth-order valence-corrected chi connectivity index (χ4v) is 2.19. The smallest absolute Gasteiger partial charge is 0.195 e. The van der Waals surface area contributed by atoms with Crippen molar-refractivity contribution in [3.05, 3.63) is 59.2 Å². The Hall–Kier alpha value is -2.43. The molecule has 96 valence electrons. The van der Waals surface area contributed by atoms with Crippen molar-refractivity contribution < 1.29 is 9.18 Å². The molecule has 0 fully saturated rings. The van der Waals surface area contributed by atoms with Gasteiger partial charge in [-0.3, -0.25) is 4.79 Å². The van der Waals surface area contributed by atoms with Gasteiger partial charge in [0.25, 0.3) is 0 Å². The Morgan fingerprint density at radius 2 is 2.10 bits per heavy atom. The van der Waals surface area contributed by atoms with Crippen LogP contribution in [-0.4, -0.2) is 23.6 Å². The fourth-order valence-electron chi connectivity index (χ4n) is 2.19. The highest BCUT2D eigenvalue weighted by molar-refractivity contribution is 6.33. The zero-order valence-corrected chi connectivity index (χ0v) is 10.8. The molecule has 20 heavy (non-hydrogen) atoms. The predicted octanol–water partition coefficient (Wildman–Crippen LogP) is 2.04. The van der Waals surface area contributed by atoms with Gasteiger partial charge in [-0.1, -0.05) is 17.6 Å². The number of benzene rings is 1. The second-order valence-corrected chi connectivity index (χ2v) is 4.66. The summed E-state index contributed by atoms with van der Waals surface area (Å²) in [6.07, 6.45) is 3.09. The van der Waals surface area contributed by atoms with Crippen LogP contribution in [0.2, 0.25) is 0 Å². The first-order chi connectivity index (χ1) is 9.56. The summed E-state index contributed by atoms with van der Waals surface area (Å²) >= 11 is 0. The maximum absolute atomic E-state index is 13.3. The summed E-state index contributed by atoms with van der Waals surface area (Å²) in [5.74, 6) is -0.683. The first kappa shape index (κ1) is 12.6. The Labute approximate surface area is 116 Å². The van der Waals surface area contributed by atoms with Gasteiger partial charge < -0.3 is 4.98 Å². The topological polar surface area (TPSA) is 45.8 Å². The van der Waals surface area contributed by atoms with Gasteiger partial charge in [-0.05, 0) is 24.6 Å². The average molecular weight is 264 g/mol. The Bertz CT molecular complexity index is 826. The highest BCUT2D eigenvalue weighted by Crippen LogP contribution is 2.21. The van der Waals surface area contributed by atoms with Crippen LogP contribution in [0.15, 0.2) is 36.7 Å². The number of carbonyl (C=O) groups excluding carboxylic acids is 1. The monoisotopic (exact) mass is 264 g/mol. The average Bonchev–Trinajstić information content (AvgIpc) is 2.83. The molecule has 0 saturated carbocycles. The maximum atomic E-state index is 13.3. The molecule has 5 heteroatoms. The number of ketones is 1. The van der Waals surface area contributed by atoms with Crippen LogP contribution < -0.4 is 5.46 Å². The number of fused-ring (bicyclic) bond motifs is 1. The quantitative estimate of drug-likeness (QED) is 0.568. The van der Waals surface area contributed by atoms with E-state index in [0.717, 1.165) is 5.56 Å². The molecule has 0 unspecified atom stereocenters. The van der Waals surface area contributed by atoms with Gasteiger partial charge >= 0.3 is 0 Å². The van der Waals surface area contributed by atoms with Crippen LogP contribution in [0, 0.1) is 12.7 Å². The van der Waals surface area contributed by atoms with Crippen LogP contribution in [0.1, 0.15) is 21.5 Å². The number of aromatic amines is 1. The van der Waals surface area contributed by atoms with Gasteiger partial charge in [-0.2, -0.15) is 0 Å². The third kappa shape index (κ3) is 2.01. The number of halogens is 1. The van der Waals surface area contributed by atoms with Crippen molar-refractivity contribution in [3.8, 4) is 0 Å². The highest BCUT2D eigenvalue weighted by Gasteiger charge is 2.17. The van der Waals surface area contributed by atoms with Gasteiger partial charge in [0.1, 0.15) is 19.3 Å². The fraction of sp³-hybridized carbons (Fsp3) is 0.0667. The van der Waals surface area contributed by atoms with Crippen LogP contribution in [0.4, 0.5) is 4.39 Å². The van der Waals surface area contributed by atoms with Crippen LogP contribution in [0.3, 0.4) is 0 Å². The molecule has 2 radical (unpaired) electrons. The van der Waals surface area contributed by atoms with Gasteiger partial charge in [0.05, 0.1) is 0 Å². The lowest BCUT2D eigenvalue weighted by molar-refractivity contribution is 0.103. The largest absolute Gasteiger partial charge is 0.345 e. The van der Waals surface area contributed by atoms with Crippen LogP contribution in [-0.2, 0) is 0 Å². The number of hydrogen-bond acceptors (Lipinski definition) is 2. The Kier molecular flexibility index (Phi) is 2.90. The van der Waals surface area contributed by atoms with Gasteiger partial charge in [0.15, 0.2) is 5.78 Å². The maximum Gasteiger partial charge on any atom is 0.195 e. The van der Waals surface area contributed by atoms with Crippen LogP contribution >= 0.6 is 0 Å². The summed E-state index contributed by atoms with van der Waals surface area (Å²) in [6, 6.07) is 5.85. The molecule has 3 nitrogen and oxygen atoms in total. The molecule has 0 saturated heterocycles. The molecule has 3 rings (SSSR count). The van der Waals surface area contributed by atoms with E-state index in [0.29, 0.717) is 27.6 Å². The third-order valence-electron chi connectivity index (χ3n) is 3.24. The van der Waals surface area contributed by atoms with Crippen molar-refractivity contribution in [2.75, 3.05) is 0 Å². The predicted molar refractivity (Wildman–Crippen MR) is 76.1 cm³/mol. The van der Waals surface area contributed by atoms with Crippen molar-refractivity contribution in [2.24, 2.45) is 0 Å². The first-order valence-electron chi connectivity index (χ1n) is 6.09. The highest BCUT2D eigenvalue weighted by atomic mass is 19.1. The number of pyridine rings is 1. The van der Waals surface area contributed by atoms with E-state index in [2.05, 4.69) is 9.97 Å². The van der Waals surface area contributed by atoms with E-state index in [-0.39, 0.29) is 5.78 Å². The van der Waals surface area contributed by atoms with E-state index in [4.69, 9.17) is 7.85 Å². The second-order valence-electron chi connectivity index (χ2n) is 4.66. The molecule has 0 amide bonds. The summed E-state index contributed by atoms with van der Waals surface area (Å²) in [4.78, 5) is 19.6. The number of hydrogen-bond donors (Lipinski definition) is 1. The molecule has 0 atom stereocenters. The number of aryl methyl sites for hydroxylation is 1. The lowest BCUT2D eigenvalue weighted by atomic mass is 9.95. The van der Waals surface area contributed by atoms with Crippen molar-refractivity contribution in [1.82, 2.24) is 9.97 Å².